The first kappa shape index (κ1) is 15.4. The highest BCUT2D eigenvalue weighted by molar-refractivity contribution is 6.42. The second kappa shape index (κ2) is 7.72. The third-order valence-corrected chi connectivity index (χ3v) is 4.06. The minimum Gasteiger partial charge on any atom is -0.449 e. The number of amides is 1. The fraction of sp³-hybridized carbons (Fsp3) is 0.500. The zero-order valence-corrected chi connectivity index (χ0v) is 12.6. The van der Waals surface area contributed by atoms with Gasteiger partial charge in [0.2, 0.25) is 0 Å². The fourth-order valence-corrected chi connectivity index (χ4v) is 2.51. The molecule has 1 heterocycles. The van der Waals surface area contributed by atoms with Crippen LogP contribution in [0.2, 0.25) is 10.0 Å². The maximum atomic E-state index is 11.6. The van der Waals surface area contributed by atoms with E-state index in [2.05, 4.69) is 10.6 Å². The smallest absolute Gasteiger partial charge is 0.411 e. The predicted octanol–water partition coefficient (Wildman–Crippen LogP) is 3.93. The number of hydrogen-bond donors (Lipinski definition) is 2. The molecular formula is C14H18Cl2N2O2. The van der Waals surface area contributed by atoms with Crippen LogP contribution < -0.4 is 10.6 Å². The predicted molar refractivity (Wildman–Crippen MR) is 81.6 cm³/mol. The summed E-state index contributed by atoms with van der Waals surface area (Å²) < 4.78 is 5.16. The van der Waals surface area contributed by atoms with Crippen LogP contribution in [0.15, 0.2) is 18.2 Å². The largest absolute Gasteiger partial charge is 0.449 e. The Hall–Kier alpha value is -0.970. The summed E-state index contributed by atoms with van der Waals surface area (Å²) in [5.41, 5.74) is 0.573. The molecule has 0 saturated carbocycles. The van der Waals surface area contributed by atoms with E-state index in [1.165, 1.54) is 12.8 Å². The number of benzene rings is 1. The molecule has 0 aliphatic carbocycles. The molecule has 1 unspecified atom stereocenters. The third-order valence-electron chi connectivity index (χ3n) is 3.32. The van der Waals surface area contributed by atoms with Gasteiger partial charge in [-0.05, 0) is 56.5 Å². The average Bonchev–Trinajstić information content (AvgIpc) is 2.44. The van der Waals surface area contributed by atoms with Gasteiger partial charge in [0.1, 0.15) is 0 Å². The molecule has 0 radical (unpaired) electrons. The van der Waals surface area contributed by atoms with Crippen molar-refractivity contribution in [2.75, 3.05) is 25.0 Å². The van der Waals surface area contributed by atoms with Crippen LogP contribution in [0.4, 0.5) is 10.5 Å². The average molecular weight is 317 g/mol. The summed E-state index contributed by atoms with van der Waals surface area (Å²) >= 11 is 11.7. The molecule has 1 aromatic rings. The van der Waals surface area contributed by atoms with E-state index in [-0.39, 0.29) is 0 Å². The zero-order chi connectivity index (χ0) is 14.4. The topological polar surface area (TPSA) is 50.4 Å². The lowest BCUT2D eigenvalue weighted by Gasteiger charge is -2.22. The summed E-state index contributed by atoms with van der Waals surface area (Å²) in [7, 11) is 0. The third kappa shape index (κ3) is 4.85. The molecule has 1 fully saturated rings. The molecule has 0 bridgehead atoms. The SMILES string of the molecule is O=C(Nc1ccc(Cl)c(Cl)c1)OCCC1CCCNC1. The normalized spacial score (nSPS) is 18.6. The van der Waals surface area contributed by atoms with Crippen LogP contribution in [0.1, 0.15) is 19.3 Å². The first-order chi connectivity index (χ1) is 9.65. The lowest BCUT2D eigenvalue weighted by atomic mass is 9.97. The highest BCUT2D eigenvalue weighted by atomic mass is 35.5. The molecule has 110 valence electrons. The summed E-state index contributed by atoms with van der Waals surface area (Å²) in [5, 5.41) is 6.82. The van der Waals surface area contributed by atoms with Crippen LogP contribution in [0, 0.1) is 5.92 Å². The number of halogens is 2. The Balaban J connectivity index is 1.70. The van der Waals surface area contributed by atoms with Crippen LogP contribution in [0.5, 0.6) is 0 Å². The van der Waals surface area contributed by atoms with E-state index in [1.807, 2.05) is 0 Å². The van der Waals surface area contributed by atoms with Crippen LogP contribution in [-0.2, 0) is 4.74 Å². The molecule has 1 amide bonds. The summed E-state index contributed by atoms with van der Waals surface area (Å²) in [5.74, 6) is 0.599. The number of rotatable bonds is 4. The van der Waals surface area contributed by atoms with Crippen molar-refractivity contribution in [1.29, 1.82) is 0 Å². The molecular weight excluding hydrogens is 299 g/mol. The van der Waals surface area contributed by atoms with E-state index in [0.717, 1.165) is 19.5 Å². The molecule has 20 heavy (non-hydrogen) atoms. The number of carbonyl (C=O) groups is 1. The van der Waals surface area contributed by atoms with Gasteiger partial charge in [-0.25, -0.2) is 4.79 Å². The van der Waals surface area contributed by atoms with E-state index >= 15 is 0 Å². The van der Waals surface area contributed by atoms with Gasteiger partial charge in [0, 0.05) is 5.69 Å². The second-order valence-electron chi connectivity index (χ2n) is 4.89. The molecule has 1 saturated heterocycles. The van der Waals surface area contributed by atoms with Crippen molar-refractivity contribution < 1.29 is 9.53 Å². The number of ether oxygens (including phenoxy) is 1. The van der Waals surface area contributed by atoms with Crippen LogP contribution >= 0.6 is 23.2 Å². The molecule has 2 rings (SSSR count). The quantitative estimate of drug-likeness (QED) is 0.884. The lowest BCUT2D eigenvalue weighted by Crippen LogP contribution is -2.30. The fourth-order valence-electron chi connectivity index (χ4n) is 2.22. The minimum atomic E-state index is -0.466. The maximum Gasteiger partial charge on any atom is 0.411 e. The van der Waals surface area contributed by atoms with Gasteiger partial charge >= 0.3 is 6.09 Å². The van der Waals surface area contributed by atoms with E-state index < -0.39 is 6.09 Å². The number of anilines is 1. The Bertz CT molecular complexity index is 462. The number of nitrogens with one attached hydrogen (secondary N) is 2. The second-order valence-corrected chi connectivity index (χ2v) is 5.71. The molecule has 4 nitrogen and oxygen atoms in total. The molecule has 6 heteroatoms. The highest BCUT2D eigenvalue weighted by Crippen LogP contribution is 2.25. The Labute approximate surface area is 128 Å². The van der Waals surface area contributed by atoms with Crippen molar-refractivity contribution in [1.82, 2.24) is 5.32 Å². The monoisotopic (exact) mass is 316 g/mol. The lowest BCUT2D eigenvalue weighted by molar-refractivity contribution is 0.150. The molecule has 1 aromatic carbocycles. The van der Waals surface area contributed by atoms with Crippen molar-refractivity contribution in [2.45, 2.75) is 19.3 Å². The van der Waals surface area contributed by atoms with E-state index in [1.54, 1.807) is 18.2 Å². The molecule has 1 atom stereocenters. The van der Waals surface area contributed by atoms with Gasteiger partial charge in [0.25, 0.3) is 0 Å². The molecule has 1 aliphatic heterocycles. The molecule has 0 spiro atoms. The Kier molecular flexibility index (Phi) is 5.95. The summed E-state index contributed by atoms with van der Waals surface area (Å²) in [6.45, 7) is 2.53. The number of carbonyl (C=O) groups excluding carboxylic acids is 1. The molecule has 0 aromatic heterocycles. The van der Waals surface area contributed by atoms with Gasteiger partial charge in [0.05, 0.1) is 16.7 Å². The standard InChI is InChI=1S/C14H18Cl2N2O2/c15-12-4-3-11(8-13(12)16)18-14(19)20-7-5-10-2-1-6-17-9-10/h3-4,8,10,17H,1-2,5-7,9H2,(H,18,19). The number of hydrogen-bond acceptors (Lipinski definition) is 3. The van der Waals surface area contributed by atoms with Crippen molar-refractivity contribution in [3.8, 4) is 0 Å². The Morgan fingerprint density at radius 1 is 1.40 bits per heavy atom. The van der Waals surface area contributed by atoms with Crippen molar-refractivity contribution in [3.05, 3.63) is 28.2 Å². The maximum absolute atomic E-state index is 11.6. The first-order valence-corrected chi connectivity index (χ1v) is 7.50. The Morgan fingerprint density at radius 2 is 2.25 bits per heavy atom. The van der Waals surface area contributed by atoms with Gasteiger partial charge in [-0.15, -0.1) is 0 Å². The summed E-state index contributed by atoms with van der Waals surface area (Å²) in [6.07, 6.45) is 2.82. The van der Waals surface area contributed by atoms with Crippen molar-refractivity contribution >= 4 is 35.0 Å². The van der Waals surface area contributed by atoms with Crippen LogP contribution in [0.25, 0.3) is 0 Å². The number of piperidine rings is 1. The first-order valence-electron chi connectivity index (χ1n) is 6.74. The van der Waals surface area contributed by atoms with Crippen LogP contribution in [0.3, 0.4) is 0 Å². The molecule has 1 aliphatic rings. The van der Waals surface area contributed by atoms with Crippen LogP contribution in [-0.4, -0.2) is 25.8 Å². The van der Waals surface area contributed by atoms with Gasteiger partial charge in [-0.1, -0.05) is 23.2 Å². The summed E-state index contributed by atoms with van der Waals surface area (Å²) in [4.78, 5) is 11.6. The minimum absolute atomic E-state index is 0.401. The zero-order valence-electron chi connectivity index (χ0n) is 11.1. The van der Waals surface area contributed by atoms with Crippen molar-refractivity contribution in [3.63, 3.8) is 0 Å². The van der Waals surface area contributed by atoms with Crippen molar-refractivity contribution in [2.24, 2.45) is 5.92 Å². The summed E-state index contributed by atoms with van der Waals surface area (Å²) in [6, 6.07) is 4.91. The van der Waals surface area contributed by atoms with E-state index in [0.29, 0.717) is 28.3 Å². The van der Waals surface area contributed by atoms with Gasteiger partial charge in [-0.2, -0.15) is 0 Å². The Morgan fingerprint density at radius 3 is 2.95 bits per heavy atom. The van der Waals surface area contributed by atoms with E-state index in [4.69, 9.17) is 27.9 Å². The van der Waals surface area contributed by atoms with Gasteiger partial charge in [0.15, 0.2) is 0 Å². The van der Waals surface area contributed by atoms with E-state index in [9.17, 15) is 4.79 Å². The van der Waals surface area contributed by atoms with Gasteiger partial charge < -0.3 is 10.1 Å². The van der Waals surface area contributed by atoms with Gasteiger partial charge in [-0.3, -0.25) is 5.32 Å². The molecule has 2 N–H and O–H groups in total. The highest BCUT2D eigenvalue weighted by Gasteiger charge is 2.13.